The normalized spacial score (nSPS) is 15.3. The zero-order valence-corrected chi connectivity index (χ0v) is 14.2. The number of aromatic nitrogens is 3. The number of carbonyl (C=O) groups excluding carboxylic acids is 1. The van der Waals surface area contributed by atoms with Gasteiger partial charge in [-0.15, -0.1) is 0 Å². The lowest BCUT2D eigenvalue weighted by Gasteiger charge is -2.32. The molecule has 1 saturated heterocycles. The van der Waals surface area contributed by atoms with Crippen LogP contribution in [0.2, 0.25) is 0 Å². The number of rotatable bonds is 4. The van der Waals surface area contributed by atoms with Crippen LogP contribution in [0.15, 0.2) is 30.6 Å². The standard InChI is InChI=1S/C18H23N5O/c1-13-4-3-8-19-16(13)17(24)21-12-15-6-10-23(11-7-15)18-20-9-5-14(2)22-18/h3-5,8-9,15H,6-7,10-12H2,1-2H3,(H,21,24). The third kappa shape index (κ3) is 3.88. The molecule has 0 bridgehead atoms. The molecule has 6 nitrogen and oxygen atoms in total. The van der Waals surface area contributed by atoms with Gasteiger partial charge < -0.3 is 10.2 Å². The predicted molar refractivity (Wildman–Crippen MR) is 93.0 cm³/mol. The van der Waals surface area contributed by atoms with E-state index in [1.165, 1.54) is 0 Å². The summed E-state index contributed by atoms with van der Waals surface area (Å²) in [6.07, 6.45) is 5.51. The number of amides is 1. The van der Waals surface area contributed by atoms with Crippen LogP contribution in [-0.2, 0) is 0 Å². The Morgan fingerprint density at radius 1 is 1.21 bits per heavy atom. The molecule has 2 aromatic rings. The number of hydrogen-bond acceptors (Lipinski definition) is 5. The topological polar surface area (TPSA) is 71.0 Å². The van der Waals surface area contributed by atoms with Crippen molar-refractivity contribution in [2.24, 2.45) is 5.92 Å². The number of piperidine rings is 1. The van der Waals surface area contributed by atoms with Gasteiger partial charge in [-0.25, -0.2) is 9.97 Å². The lowest BCUT2D eigenvalue weighted by atomic mass is 9.97. The second kappa shape index (κ2) is 7.38. The van der Waals surface area contributed by atoms with Crippen LogP contribution in [0.25, 0.3) is 0 Å². The van der Waals surface area contributed by atoms with E-state index in [0.29, 0.717) is 18.2 Å². The zero-order chi connectivity index (χ0) is 16.9. The summed E-state index contributed by atoms with van der Waals surface area (Å²) >= 11 is 0. The molecule has 0 saturated carbocycles. The summed E-state index contributed by atoms with van der Waals surface area (Å²) in [5.41, 5.74) is 2.41. The Morgan fingerprint density at radius 3 is 2.71 bits per heavy atom. The first-order valence-electron chi connectivity index (χ1n) is 8.38. The van der Waals surface area contributed by atoms with Crippen LogP contribution < -0.4 is 10.2 Å². The molecule has 3 rings (SSSR count). The van der Waals surface area contributed by atoms with Crippen molar-refractivity contribution < 1.29 is 4.79 Å². The molecule has 1 fully saturated rings. The molecule has 0 radical (unpaired) electrons. The van der Waals surface area contributed by atoms with Gasteiger partial charge in [0.15, 0.2) is 0 Å². The minimum absolute atomic E-state index is 0.0856. The molecule has 1 N–H and O–H groups in total. The molecular formula is C18H23N5O. The Kier molecular flexibility index (Phi) is 5.03. The van der Waals surface area contributed by atoms with E-state index in [1.54, 1.807) is 12.4 Å². The molecule has 24 heavy (non-hydrogen) atoms. The van der Waals surface area contributed by atoms with Crippen molar-refractivity contribution in [3.8, 4) is 0 Å². The molecule has 0 aromatic carbocycles. The van der Waals surface area contributed by atoms with Crippen LogP contribution in [0.4, 0.5) is 5.95 Å². The van der Waals surface area contributed by atoms with E-state index in [-0.39, 0.29) is 5.91 Å². The number of aryl methyl sites for hydroxylation is 2. The highest BCUT2D eigenvalue weighted by Gasteiger charge is 2.22. The summed E-state index contributed by atoms with van der Waals surface area (Å²) in [4.78, 5) is 27.4. The fraction of sp³-hybridized carbons (Fsp3) is 0.444. The van der Waals surface area contributed by atoms with Gasteiger partial charge in [0.25, 0.3) is 5.91 Å². The van der Waals surface area contributed by atoms with Crippen molar-refractivity contribution in [1.29, 1.82) is 0 Å². The number of carbonyl (C=O) groups is 1. The lowest BCUT2D eigenvalue weighted by molar-refractivity contribution is 0.0939. The summed E-state index contributed by atoms with van der Waals surface area (Å²) in [7, 11) is 0. The smallest absolute Gasteiger partial charge is 0.270 e. The van der Waals surface area contributed by atoms with E-state index in [4.69, 9.17) is 0 Å². The van der Waals surface area contributed by atoms with Crippen molar-refractivity contribution in [3.05, 3.63) is 47.5 Å². The van der Waals surface area contributed by atoms with Crippen molar-refractivity contribution in [2.45, 2.75) is 26.7 Å². The number of pyridine rings is 1. The second-order valence-electron chi connectivity index (χ2n) is 6.31. The molecule has 2 aromatic heterocycles. The summed E-state index contributed by atoms with van der Waals surface area (Å²) in [6.45, 7) is 6.42. The molecule has 3 heterocycles. The van der Waals surface area contributed by atoms with Crippen molar-refractivity contribution >= 4 is 11.9 Å². The molecule has 0 atom stereocenters. The van der Waals surface area contributed by atoms with E-state index in [0.717, 1.165) is 43.1 Å². The molecule has 6 heteroatoms. The monoisotopic (exact) mass is 325 g/mol. The Labute approximate surface area is 142 Å². The molecule has 1 aliphatic rings. The van der Waals surface area contributed by atoms with Crippen molar-refractivity contribution in [2.75, 3.05) is 24.5 Å². The molecule has 0 spiro atoms. The zero-order valence-electron chi connectivity index (χ0n) is 14.2. The Balaban J connectivity index is 1.49. The van der Waals surface area contributed by atoms with Gasteiger partial charge in [0, 0.05) is 37.7 Å². The second-order valence-corrected chi connectivity index (χ2v) is 6.31. The lowest BCUT2D eigenvalue weighted by Crippen LogP contribution is -2.39. The Morgan fingerprint density at radius 2 is 2.00 bits per heavy atom. The Hall–Kier alpha value is -2.50. The van der Waals surface area contributed by atoms with Gasteiger partial charge in [-0.1, -0.05) is 6.07 Å². The molecule has 1 aliphatic heterocycles. The third-order valence-corrected chi connectivity index (χ3v) is 4.46. The van der Waals surface area contributed by atoms with E-state index in [9.17, 15) is 4.79 Å². The first-order valence-corrected chi connectivity index (χ1v) is 8.38. The van der Waals surface area contributed by atoms with Crippen LogP contribution in [0.1, 0.15) is 34.6 Å². The van der Waals surface area contributed by atoms with Gasteiger partial charge in [-0.2, -0.15) is 0 Å². The first kappa shape index (κ1) is 16.4. The summed E-state index contributed by atoms with van der Waals surface area (Å²) in [5, 5.41) is 3.02. The fourth-order valence-corrected chi connectivity index (χ4v) is 2.97. The van der Waals surface area contributed by atoms with Gasteiger partial charge >= 0.3 is 0 Å². The van der Waals surface area contributed by atoms with Gasteiger partial charge in [-0.3, -0.25) is 9.78 Å². The molecule has 1 amide bonds. The maximum Gasteiger partial charge on any atom is 0.270 e. The molecule has 126 valence electrons. The van der Waals surface area contributed by atoms with E-state index in [1.807, 2.05) is 32.0 Å². The molecular weight excluding hydrogens is 302 g/mol. The predicted octanol–water partition coefficient (Wildman–Crippen LogP) is 2.13. The van der Waals surface area contributed by atoms with Crippen LogP contribution in [-0.4, -0.2) is 40.5 Å². The number of nitrogens with one attached hydrogen (secondary N) is 1. The molecule has 0 unspecified atom stereocenters. The number of hydrogen-bond donors (Lipinski definition) is 1. The van der Waals surface area contributed by atoms with Gasteiger partial charge in [-0.05, 0) is 50.3 Å². The van der Waals surface area contributed by atoms with Crippen LogP contribution in [0.3, 0.4) is 0 Å². The first-order chi connectivity index (χ1) is 11.6. The largest absolute Gasteiger partial charge is 0.350 e. The highest BCUT2D eigenvalue weighted by molar-refractivity contribution is 5.93. The average Bonchev–Trinajstić information content (AvgIpc) is 2.60. The van der Waals surface area contributed by atoms with Crippen LogP contribution in [0.5, 0.6) is 0 Å². The maximum atomic E-state index is 12.2. The van der Waals surface area contributed by atoms with E-state index in [2.05, 4.69) is 25.2 Å². The third-order valence-electron chi connectivity index (χ3n) is 4.46. The SMILES string of the molecule is Cc1ccnc(N2CCC(CNC(=O)c3ncccc3C)CC2)n1. The van der Waals surface area contributed by atoms with Crippen molar-refractivity contribution in [1.82, 2.24) is 20.3 Å². The highest BCUT2D eigenvalue weighted by Crippen LogP contribution is 2.20. The summed E-state index contributed by atoms with van der Waals surface area (Å²) in [6, 6.07) is 5.66. The van der Waals surface area contributed by atoms with Crippen LogP contribution >= 0.6 is 0 Å². The van der Waals surface area contributed by atoms with Crippen molar-refractivity contribution in [3.63, 3.8) is 0 Å². The van der Waals surface area contributed by atoms with Gasteiger partial charge in [0.05, 0.1) is 0 Å². The van der Waals surface area contributed by atoms with Gasteiger partial charge in [0.2, 0.25) is 5.95 Å². The quantitative estimate of drug-likeness (QED) is 0.932. The highest BCUT2D eigenvalue weighted by atomic mass is 16.1. The number of anilines is 1. The van der Waals surface area contributed by atoms with Crippen LogP contribution in [0, 0.1) is 19.8 Å². The minimum atomic E-state index is -0.0856. The van der Waals surface area contributed by atoms with E-state index >= 15 is 0 Å². The number of nitrogens with zero attached hydrogens (tertiary/aromatic N) is 4. The fourth-order valence-electron chi connectivity index (χ4n) is 2.97. The molecule has 0 aliphatic carbocycles. The average molecular weight is 325 g/mol. The minimum Gasteiger partial charge on any atom is -0.350 e. The Bertz CT molecular complexity index is 710. The summed E-state index contributed by atoms with van der Waals surface area (Å²) in [5.74, 6) is 1.21. The summed E-state index contributed by atoms with van der Waals surface area (Å²) < 4.78 is 0. The van der Waals surface area contributed by atoms with E-state index < -0.39 is 0 Å². The van der Waals surface area contributed by atoms with Gasteiger partial charge in [0.1, 0.15) is 5.69 Å². The maximum absolute atomic E-state index is 12.2.